The number of thiophene rings is 1. The Morgan fingerprint density at radius 2 is 1.97 bits per heavy atom. The van der Waals surface area contributed by atoms with E-state index < -0.39 is 36.2 Å². The molecule has 2 N–H and O–H groups in total. The standard InChI is InChI=1S/C18H21N3O8S3/c1-3-20(17(22)13-6-4-12(5-7-13)10-29-21(23)24)15-8-11(2)31(25,26)18-14(15)9-16(30-18)32(19,27)28/h4-7,9,11,15H,3,8,10H2,1-2H3,(H2,19,27,28)/t11?,15-/m0/s1. The minimum Gasteiger partial charge on any atom is -0.332 e. The van der Waals surface area contributed by atoms with Crippen LogP contribution in [0.1, 0.15) is 47.8 Å². The molecular formula is C18H21N3O8S3. The van der Waals surface area contributed by atoms with Crippen LogP contribution in [0.25, 0.3) is 0 Å². The van der Waals surface area contributed by atoms with Crippen molar-refractivity contribution in [3.63, 3.8) is 0 Å². The quantitative estimate of drug-likeness (QED) is 0.441. The van der Waals surface area contributed by atoms with Gasteiger partial charge in [-0.25, -0.2) is 22.0 Å². The number of carbonyl (C=O) groups is 1. The van der Waals surface area contributed by atoms with Crippen molar-refractivity contribution < 1.29 is 31.6 Å². The van der Waals surface area contributed by atoms with E-state index in [1.54, 1.807) is 6.92 Å². The van der Waals surface area contributed by atoms with Gasteiger partial charge in [-0.3, -0.25) is 4.79 Å². The lowest BCUT2D eigenvalue weighted by atomic mass is 10.0. The zero-order valence-electron chi connectivity index (χ0n) is 17.1. The number of carbonyl (C=O) groups excluding carboxylic acids is 1. The molecule has 1 aromatic heterocycles. The summed E-state index contributed by atoms with van der Waals surface area (Å²) < 4.78 is 48.9. The molecule has 14 heteroatoms. The Morgan fingerprint density at radius 1 is 1.34 bits per heavy atom. The molecule has 1 aliphatic heterocycles. The van der Waals surface area contributed by atoms with Crippen LogP contribution in [0.5, 0.6) is 0 Å². The lowest BCUT2D eigenvalue weighted by Gasteiger charge is -2.36. The average Bonchev–Trinajstić information content (AvgIpc) is 3.18. The van der Waals surface area contributed by atoms with Gasteiger partial charge < -0.3 is 9.74 Å². The fraction of sp³-hybridized carbons (Fsp3) is 0.389. The monoisotopic (exact) mass is 503 g/mol. The molecule has 0 fully saturated rings. The van der Waals surface area contributed by atoms with Gasteiger partial charge in [-0.1, -0.05) is 12.1 Å². The number of sulfonamides is 1. The van der Waals surface area contributed by atoms with Crippen molar-refractivity contribution in [2.24, 2.45) is 5.14 Å². The molecule has 1 unspecified atom stereocenters. The van der Waals surface area contributed by atoms with E-state index in [-0.39, 0.29) is 39.5 Å². The highest BCUT2D eigenvalue weighted by Crippen LogP contribution is 2.45. The van der Waals surface area contributed by atoms with Crippen LogP contribution in [0.3, 0.4) is 0 Å². The first kappa shape index (κ1) is 24.1. The number of sulfone groups is 1. The second kappa shape index (κ2) is 8.77. The van der Waals surface area contributed by atoms with Crippen molar-refractivity contribution in [1.29, 1.82) is 0 Å². The molecule has 0 bridgehead atoms. The van der Waals surface area contributed by atoms with Gasteiger partial charge in [0.15, 0.2) is 9.84 Å². The Morgan fingerprint density at radius 3 is 2.50 bits per heavy atom. The first-order chi connectivity index (χ1) is 14.9. The number of rotatable bonds is 7. The van der Waals surface area contributed by atoms with Crippen molar-refractivity contribution in [3.05, 3.63) is 57.1 Å². The average molecular weight is 504 g/mol. The highest BCUT2D eigenvalue weighted by atomic mass is 32.3. The maximum absolute atomic E-state index is 13.2. The maximum atomic E-state index is 13.2. The zero-order chi connectivity index (χ0) is 23.8. The lowest BCUT2D eigenvalue weighted by molar-refractivity contribution is -0.763. The fourth-order valence-electron chi connectivity index (χ4n) is 3.55. The molecule has 2 aromatic rings. The molecule has 11 nitrogen and oxygen atoms in total. The van der Waals surface area contributed by atoms with Gasteiger partial charge in [0.05, 0.1) is 11.3 Å². The number of amides is 1. The highest BCUT2D eigenvalue weighted by molar-refractivity contribution is 7.95. The van der Waals surface area contributed by atoms with Crippen molar-refractivity contribution >= 4 is 37.1 Å². The summed E-state index contributed by atoms with van der Waals surface area (Å²) in [4.78, 5) is 29.3. The second-order valence-corrected chi connectivity index (χ2v) is 12.6. The number of nitrogens with zero attached hydrogens (tertiary/aromatic N) is 2. The summed E-state index contributed by atoms with van der Waals surface area (Å²) in [5.41, 5.74) is 1.03. The third-order valence-corrected chi connectivity index (χ3v) is 10.5. The first-order valence-corrected chi connectivity index (χ1v) is 13.3. The molecule has 0 radical (unpaired) electrons. The Labute approximate surface area is 188 Å². The van der Waals surface area contributed by atoms with Crippen molar-refractivity contribution in [1.82, 2.24) is 4.90 Å². The van der Waals surface area contributed by atoms with Gasteiger partial charge in [0.2, 0.25) is 10.0 Å². The summed E-state index contributed by atoms with van der Waals surface area (Å²) in [6, 6.07) is 6.61. The number of hydrogen-bond donors (Lipinski definition) is 1. The summed E-state index contributed by atoms with van der Waals surface area (Å²) in [6.07, 6.45) is 0.102. The minimum absolute atomic E-state index is 0.0937. The predicted molar refractivity (Wildman–Crippen MR) is 115 cm³/mol. The van der Waals surface area contributed by atoms with Crippen LogP contribution in [-0.2, 0) is 31.3 Å². The minimum atomic E-state index is -4.12. The second-order valence-electron chi connectivity index (χ2n) is 7.25. The molecule has 0 spiro atoms. The van der Waals surface area contributed by atoms with Crippen LogP contribution in [0.2, 0.25) is 0 Å². The van der Waals surface area contributed by atoms with E-state index in [1.807, 2.05) is 0 Å². The molecule has 2 atom stereocenters. The third kappa shape index (κ3) is 4.62. The van der Waals surface area contributed by atoms with Crippen LogP contribution in [-0.4, -0.2) is 44.5 Å². The fourth-order valence-corrected chi connectivity index (χ4v) is 7.95. The van der Waals surface area contributed by atoms with E-state index in [1.165, 1.54) is 42.2 Å². The van der Waals surface area contributed by atoms with E-state index >= 15 is 0 Å². The van der Waals surface area contributed by atoms with Gasteiger partial charge >= 0.3 is 0 Å². The van der Waals surface area contributed by atoms with E-state index in [2.05, 4.69) is 4.84 Å². The molecule has 1 aliphatic rings. The van der Waals surface area contributed by atoms with Crippen LogP contribution in [0.15, 0.2) is 38.8 Å². The molecule has 1 aromatic carbocycles. The molecule has 0 saturated carbocycles. The molecular weight excluding hydrogens is 482 g/mol. The van der Waals surface area contributed by atoms with Crippen LogP contribution in [0.4, 0.5) is 0 Å². The van der Waals surface area contributed by atoms with Crippen LogP contribution < -0.4 is 5.14 Å². The van der Waals surface area contributed by atoms with Crippen LogP contribution >= 0.6 is 11.3 Å². The van der Waals surface area contributed by atoms with Crippen molar-refractivity contribution in [2.75, 3.05) is 6.54 Å². The Balaban J connectivity index is 1.97. The first-order valence-electron chi connectivity index (χ1n) is 9.44. The molecule has 32 heavy (non-hydrogen) atoms. The Hall–Kier alpha value is -2.55. The van der Waals surface area contributed by atoms with Crippen molar-refractivity contribution in [3.8, 4) is 0 Å². The maximum Gasteiger partial charge on any atom is 0.294 e. The number of benzene rings is 1. The van der Waals surface area contributed by atoms with E-state index in [0.717, 1.165) is 0 Å². The Kier molecular flexibility index (Phi) is 6.60. The molecule has 2 heterocycles. The van der Waals surface area contributed by atoms with Gasteiger partial charge in [0.1, 0.15) is 15.0 Å². The number of primary sulfonamides is 1. The molecule has 1 amide bonds. The van der Waals surface area contributed by atoms with Crippen molar-refractivity contribution in [2.45, 2.75) is 46.6 Å². The van der Waals surface area contributed by atoms with Gasteiger partial charge in [-0.05, 0) is 44.0 Å². The molecule has 3 rings (SSSR count). The van der Waals surface area contributed by atoms with Gasteiger partial charge in [0.25, 0.3) is 11.0 Å². The summed E-state index contributed by atoms with van der Waals surface area (Å²) in [5.74, 6) is -0.389. The van der Waals surface area contributed by atoms with E-state index in [0.29, 0.717) is 22.5 Å². The van der Waals surface area contributed by atoms with Gasteiger partial charge in [-0.2, -0.15) is 0 Å². The zero-order valence-corrected chi connectivity index (χ0v) is 19.6. The highest BCUT2D eigenvalue weighted by Gasteiger charge is 2.42. The normalized spacial score (nSPS) is 19.7. The third-order valence-electron chi connectivity index (χ3n) is 5.20. The SMILES string of the molecule is CCN(C(=O)c1ccc(CO[N+](=O)[O-])cc1)[C@H]1CC(C)S(=O)(=O)c2sc(S(N)(=O)=O)cc21. The summed E-state index contributed by atoms with van der Waals surface area (Å²) in [6.45, 7) is 3.23. The predicted octanol–water partition coefficient (Wildman–Crippen LogP) is 1.87. The summed E-state index contributed by atoms with van der Waals surface area (Å²) in [5, 5.41) is 13.8. The smallest absolute Gasteiger partial charge is 0.294 e. The molecule has 0 saturated heterocycles. The molecule has 0 aliphatic carbocycles. The topological polar surface area (TPSA) is 167 Å². The van der Waals surface area contributed by atoms with E-state index in [4.69, 9.17) is 5.14 Å². The summed E-state index contributed by atoms with van der Waals surface area (Å²) in [7, 11) is -7.87. The van der Waals surface area contributed by atoms with Gasteiger partial charge in [0, 0.05) is 17.7 Å². The van der Waals surface area contributed by atoms with Crippen LogP contribution in [0, 0.1) is 10.1 Å². The molecule has 174 valence electrons. The van der Waals surface area contributed by atoms with E-state index in [9.17, 15) is 31.7 Å². The lowest BCUT2D eigenvalue weighted by Crippen LogP contribution is -2.40. The largest absolute Gasteiger partial charge is 0.332 e. The van der Waals surface area contributed by atoms with Gasteiger partial charge in [-0.15, -0.1) is 21.5 Å². The number of fused-ring (bicyclic) bond motifs is 1. The number of nitrogens with two attached hydrogens (primary N) is 1. The number of hydrogen-bond acceptors (Lipinski definition) is 9. The summed E-state index contributed by atoms with van der Waals surface area (Å²) >= 11 is 0.594. The Bertz CT molecular complexity index is 1250.